The number of hydrogen-bond acceptors (Lipinski definition) is 7. The fraction of sp³-hybridized carbons (Fsp3) is 0.500. The number of nitrogens with one attached hydrogen (secondary N) is 1. The van der Waals surface area contributed by atoms with Gasteiger partial charge >= 0.3 is 0 Å². The number of aromatic nitrogens is 1. The molecule has 0 saturated carbocycles. The summed E-state index contributed by atoms with van der Waals surface area (Å²) in [6, 6.07) is 3.48. The van der Waals surface area contributed by atoms with Gasteiger partial charge in [0, 0.05) is 37.6 Å². The van der Waals surface area contributed by atoms with E-state index in [9.17, 15) is 14.4 Å². The van der Waals surface area contributed by atoms with Gasteiger partial charge in [-0.3, -0.25) is 14.4 Å². The van der Waals surface area contributed by atoms with Gasteiger partial charge in [-0.1, -0.05) is 0 Å². The van der Waals surface area contributed by atoms with Gasteiger partial charge in [-0.25, -0.2) is 4.98 Å². The van der Waals surface area contributed by atoms with Gasteiger partial charge in [-0.05, 0) is 25.0 Å². The molecule has 1 atom stereocenters. The van der Waals surface area contributed by atoms with Crippen molar-refractivity contribution < 1.29 is 23.5 Å². The SMILES string of the molecule is O=C(CCC(=O)N(CC(=O)NCC1CCCO1)Cc1ccco1)Cc1nccs1. The molecule has 9 heteroatoms. The summed E-state index contributed by atoms with van der Waals surface area (Å²) in [6.45, 7) is 1.25. The summed E-state index contributed by atoms with van der Waals surface area (Å²) < 4.78 is 10.8. The number of furan rings is 1. The summed E-state index contributed by atoms with van der Waals surface area (Å²) in [5, 5.41) is 5.37. The molecule has 0 aliphatic carbocycles. The van der Waals surface area contributed by atoms with Gasteiger partial charge in [-0.15, -0.1) is 11.3 Å². The molecule has 2 aromatic rings. The minimum absolute atomic E-state index is 0.0386. The monoisotopic (exact) mass is 419 g/mol. The molecule has 1 unspecified atom stereocenters. The first-order chi connectivity index (χ1) is 14.1. The van der Waals surface area contributed by atoms with Crippen LogP contribution in [0.15, 0.2) is 34.4 Å². The molecule has 2 aromatic heterocycles. The molecule has 1 N–H and O–H groups in total. The van der Waals surface area contributed by atoms with E-state index < -0.39 is 0 Å². The molecule has 1 saturated heterocycles. The molecule has 2 amide bonds. The van der Waals surface area contributed by atoms with Crippen molar-refractivity contribution in [3.63, 3.8) is 0 Å². The van der Waals surface area contributed by atoms with Crippen molar-refractivity contribution in [1.82, 2.24) is 15.2 Å². The summed E-state index contributed by atoms with van der Waals surface area (Å²) in [5.74, 6) is 0.0177. The van der Waals surface area contributed by atoms with E-state index in [0.717, 1.165) is 24.5 Å². The highest BCUT2D eigenvalue weighted by Crippen LogP contribution is 2.12. The Morgan fingerprint density at radius 2 is 2.21 bits per heavy atom. The Bertz CT molecular complexity index is 785. The number of ketones is 1. The van der Waals surface area contributed by atoms with Gasteiger partial charge in [0.1, 0.15) is 11.5 Å². The van der Waals surface area contributed by atoms with Crippen molar-refractivity contribution in [1.29, 1.82) is 0 Å². The Balaban J connectivity index is 1.50. The molecule has 3 heterocycles. The summed E-state index contributed by atoms with van der Waals surface area (Å²) >= 11 is 1.42. The van der Waals surface area contributed by atoms with E-state index in [-0.39, 0.29) is 56.1 Å². The Hall–Kier alpha value is -2.52. The first-order valence-electron chi connectivity index (χ1n) is 9.68. The van der Waals surface area contributed by atoms with Gasteiger partial charge in [0.25, 0.3) is 0 Å². The maximum atomic E-state index is 12.7. The van der Waals surface area contributed by atoms with Crippen molar-refractivity contribution in [3.05, 3.63) is 40.7 Å². The predicted octanol–water partition coefficient (Wildman–Crippen LogP) is 1.95. The van der Waals surface area contributed by atoms with Gasteiger partial charge in [-0.2, -0.15) is 0 Å². The highest BCUT2D eigenvalue weighted by molar-refractivity contribution is 7.09. The third-order valence-corrected chi connectivity index (χ3v) is 5.39. The molecular formula is C20H25N3O5S. The van der Waals surface area contributed by atoms with Crippen LogP contribution in [0.1, 0.15) is 36.5 Å². The van der Waals surface area contributed by atoms with Gasteiger partial charge in [0.15, 0.2) is 0 Å². The third-order valence-electron chi connectivity index (χ3n) is 4.61. The molecular weight excluding hydrogens is 394 g/mol. The zero-order chi connectivity index (χ0) is 20.5. The largest absolute Gasteiger partial charge is 0.467 e. The molecule has 0 bridgehead atoms. The molecule has 3 rings (SSSR count). The predicted molar refractivity (Wildman–Crippen MR) is 106 cm³/mol. The first-order valence-corrected chi connectivity index (χ1v) is 10.6. The van der Waals surface area contributed by atoms with Crippen LogP contribution in [0.2, 0.25) is 0 Å². The fourth-order valence-corrected chi connectivity index (χ4v) is 3.73. The quantitative estimate of drug-likeness (QED) is 0.597. The van der Waals surface area contributed by atoms with E-state index >= 15 is 0 Å². The van der Waals surface area contributed by atoms with Crippen LogP contribution in [-0.4, -0.2) is 53.3 Å². The maximum absolute atomic E-state index is 12.7. The van der Waals surface area contributed by atoms with Crippen molar-refractivity contribution in [2.24, 2.45) is 0 Å². The summed E-state index contributed by atoms with van der Waals surface area (Å²) in [4.78, 5) is 42.6. The molecule has 1 aliphatic rings. The molecule has 1 aliphatic heterocycles. The van der Waals surface area contributed by atoms with Crippen LogP contribution in [0.5, 0.6) is 0 Å². The van der Waals surface area contributed by atoms with Crippen LogP contribution in [0, 0.1) is 0 Å². The molecule has 8 nitrogen and oxygen atoms in total. The molecule has 1 fully saturated rings. The lowest BCUT2D eigenvalue weighted by molar-refractivity contribution is -0.138. The number of carbonyl (C=O) groups is 3. The lowest BCUT2D eigenvalue weighted by Gasteiger charge is -2.21. The van der Waals surface area contributed by atoms with E-state index in [0.29, 0.717) is 12.3 Å². The molecule has 0 aromatic carbocycles. The third kappa shape index (κ3) is 7.10. The molecule has 0 spiro atoms. The van der Waals surface area contributed by atoms with E-state index in [2.05, 4.69) is 10.3 Å². The second kappa shape index (κ2) is 10.9. The smallest absolute Gasteiger partial charge is 0.239 e. The average Bonchev–Trinajstić information content (AvgIpc) is 3.47. The number of amides is 2. The first kappa shape index (κ1) is 21.2. The second-order valence-corrected chi connectivity index (χ2v) is 7.89. The number of ether oxygens (including phenoxy) is 1. The van der Waals surface area contributed by atoms with Gasteiger partial charge in [0.2, 0.25) is 11.8 Å². The minimum atomic E-state index is -0.263. The zero-order valence-electron chi connectivity index (χ0n) is 16.2. The number of carbonyl (C=O) groups excluding carboxylic acids is 3. The molecule has 29 heavy (non-hydrogen) atoms. The fourth-order valence-electron chi connectivity index (χ4n) is 3.09. The highest BCUT2D eigenvalue weighted by atomic mass is 32.1. The van der Waals surface area contributed by atoms with Crippen molar-refractivity contribution in [2.45, 2.75) is 44.8 Å². The average molecular weight is 420 g/mol. The number of rotatable bonds is 11. The Morgan fingerprint density at radius 3 is 2.90 bits per heavy atom. The van der Waals surface area contributed by atoms with Crippen LogP contribution in [0.3, 0.4) is 0 Å². The second-order valence-electron chi connectivity index (χ2n) is 6.91. The molecule has 0 radical (unpaired) electrons. The number of nitrogens with zero attached hydrogens (tertiary/aromatic N) is 2. The molecule has 156 valence electrons. The van der Waals surface area contributed by atoms with Crippen LogP contribution < -0.4 is 5.32 Å². The number of thiazole rings is 1. The van der Waals surface area contributed by atoms with E-state index in [4.69, 9.17) is 9.15 Å². The van der Waals surface area contributed by atoms with Gasteiger partial charge in [0.05, 0.1) is 36.9 Å². The summed E-state index contributed by atoms with van der Waals surface area (Å²) in [6.07, 6.45) is 5.53. The maximum Gasteiger partial charge on any atom is 0.239 e. The van der Waals surface area contributed by atoms with E-state index in [1.54, 1.807) is 18.3 Å². The van der Waals surface area contributed by atoms with Crippen LogP contribution in [0.25, 0.3) is 0 Å². The topological polar surface area (TPSA) is 102 Å². The van der Waals surface area contributed by atoms with Crippen molar-refractivity contribution >= 4 is 28.9 Å². The normalized spacial score (nSPS) is 15.9. The number of hydrogen-bond donors (Lipinski definition) is 1. The van der Waals surface area contributed by atoms with Crippen molar-refractivity contribution in [2.75, 3.05) is 19.7 Å². The number of Topliss-reactive ketones (excluding diaryl/α,β-unsaturated/α-hetero) is 1. The van der Waals surface area contributed by atoms with Crippen LogP contribution >= 0.6 is 11.3 Å². The van der Waals surface area contributed by atoms with E-state index in [1.165, 1.54) is 22.5 Å². The van der Waals surface area contributed by atoms with Crippen LogP contribution in [-0.2, 0) is 32.1 Å². The minimum Gasteiger partial charge on any atom is -0.467 e. The van der Waals surface area contributed by atoms with Gasteiger partial charge < -0.3 is 19.4 Å². The van der Waals surface area contributed by atoms with Crippen molar-refractivity contribution in [3.8, 4) is 0 Å². The lowest BCUT2D eigenvalue weighted by atomic mass is 10.1. The Labute approximate surface area is 173 Å². The Kier molecular flexibility index (Phi) is 7.94. The lowest BCUT2D eigenvalue weighted by Crippen LogP contribution is -2.42. The van der Waals surface area contributed by atoms with Crippen LogP contribution in [0.4, 0.5) is 0 Å². The summed E-state index contributed by atoms with van der Waals surface area (Å²) in [7, 11) is 0. The zero-order valence-corrected chi connectivity index (χ0v) is 17.0. The highest BCUT2D eigenvalue weighted by Gasteiger charge is 2.21. The standard InChI is InChI=1S/C20H25N3O5S/c24-15(11-19-21-7-10-29-19)5-6-20(26)23(13-17-4-2-9-28-17)14-18(25)22-12-16-3-1-8-27-16/h2,4,7,9-10,16H,1,3,5-6,8,11-14H2,(H,22,25). The Morgan fingerprint density at radius 1 is 1.31 bits per heavy atom. The summed E-state index contributed by atoms with van der Waals surface area (Å²) in [5.41, 5.74) is 0. The van der Waals surface area contributed by atoms with E-state index in [1.807, 2.05) is 5.38 Å².